The molecule has 0 aliphatic heterocycles. The van der Waals surface area contributed by atoms with Crippen LogP contribution >= 0.6 is 0 Å². The van der Waals surface area contributed by atoms with Crippen molar-refractivity contribution in [1.29, 1.82) is 0 Å². The maximum Gasteiger partial charge on any atom is 0.312 e. The van der Waals surface area contributed by atoms with Crippen molar-refractivity contribution in [3.63, 3.8) is 0 Å². The molecule has 8 nitrogen and oxygen atoms in total. The van der Waals surface area contributed by atoms with Crippen LogP contribution in [0.1, 0.15) is 24.2 Å². The van der Waals surface area contributed by atoms with Gasteiger partial charge in [-0.25, -0.2) is 0 Å². The van der Waals surface area contributed by atoms with Crippen LogP contribution in [-0.2, 0) is 6.54 Å². The van der Waals surface area contributed by atoms with Gasteiger partial charge >= 0.3 is 5.69 Å². The summed E-state index contributed by atoms with van der Waals surface area (Å²) in [7, 11) is 0. The molecule has 8 heteroatoms. The van der Waals surface area contributed by atoms with Crippen LogP contribution in [0, 0.1) is 24.0 Å². The van der Waals surface area contributed by atoms with Gasteiger partial charge in [0.2, 0.25) is 0 Å². The molecule has 1 aromatic rings. The average Bonchev–Trinajstić information content (AvgIpc) is 2.64. The largest absolute Gasteiger partial charge is 0.396 e. The molecule has 0 radical (unpaired) electrons. The fraction of sp³-hybridized carbons (Fsp3) is 0.750. The van der Waals surface area contributed by atoms with E-state index in [2.05, 4.69) is 10.4 Å². The Labute approximate surface area is 117 Å². The monoisotopic (exact) mass is 286 g/mol. The van der Waals surface area contributed by atoms with E-state index in [9.17, 15) is 15.2 Å². The van der Waals surface area contributed by atoms with Gasteiger partial charge in [-0.2, -0.15) is 5.10 Å². The molecule has 0 bridgehead atoms. The Hall–Kier alpha value is -1.51. The van der Waals surface area contributed by atoms with Crippen molar-refractivity contribution in [2.24, 2.45) is 0 Å². The molecule has 20 heavy (non-hydrogen) atoms. The van der Waals surface area contributed by atoms with Crippen LogP contribution in [0.4, 0.5) is 5.69 Å². The van der Waals surface area contributed by atoms with Gasteiger partial charge in [-0.15, -0.1) is 0 Å². The van der Waals surface area contributed by atoms with E-state index < -0.39 is 11.0 Å². The molecule has 0 fully saturated rings. The van der Waals surface area contributed by atoms with Crippen molar-refractivity contribution in [2.45, 2.75) is 39.3 Å². The predicted octanol–water partition coefficient (Wildman–Crippen LogP) is 0.131. The van der Waals surface area contributed by atoms with E-state index in [1.165, 1.54) is 4.68 Å². The van der Waals surface area contributed by atoms with E-state index in [1.54, 1.807) is 13.8 Å². The third kappa shape index (κ3) is 4.55. The third-order valence-corrected chi connectivity index (χ3v) is 3.05. The van der Waals surface area contributed by atoms with Crippen LogP contribution in [0.3, 0.4) is 0 Å². The van der Waals surface area contributed by atoms with Gasteiger partial charge in [-0.05, 0) is 33.2 Å². The molecule has 3 N–H and O–H groups in total. The quantitative estimate of drug-likeness (QED) is 0.338. The maximum atomic E-state index is 10.9. The number of aromatic nitrogens is 2. The molecule has 0 amide bonds. The van der Waals surface area contributed by atoms with Crippen LogP contribution in [0.25, 0.3) is 0 Å². The number of nitrogens with one attached hydrogen (secondary N) is 1. The molecule has 1 unspecified atom stereocenters. The molecule has 1 atom stereocenters. The Balaban J connectivity index is 2.48. The van der Waals surface area contributed by atoms with Crippen LogP contribution in [0.5, 0.6) is 0 Å². The highest BCUT2D eigenvalue weighted by Crippen LogP contribution is 2.21. The minimum absolute atomic E-state index is 0.00750. The average molecular weight is 286 g/mol. The first-order valence-corrected chi connectivity index (χ1v) is 6.65. The van der Waals surface area contributed by atoms with Gasteiger partial charge in [-0.3, -0.25) is 14.8 Å². The molecule has 0 spiro atoms. The number of aryl methyl sites for hydroxylation is 1. The number of nitro groups is 1. The summed E-state index contributed by atoms with van der Waals surface area (Å²) in [5, 5.41) is 36.5. The van der Waals surface area contributed by atoms with Crippen molar-refractivity contribution >= 4 is 5.69 Å². The van der Waals surface area contributed by atoms with Crippen LogP contribution in [0.15, 0.2) is 0 Å². The summed E-state index contributed by atoms with van der Waals surface area (Å²) in [6.07, 6.45) is 0.906. The van der Waals surface area contributed by atoms with Crippen molar-refractivity contribution in [3.8, 4) is 0 Å². The zero-order chi connectivity index (χ0) is 15.1. The lowest BCUT2D eigenvalue weighted by atomic mass is 10.3. The Kier molecular flexibility index (Phi) is 6.56. The number of rotatable bonds is 9. The second-order valence-electron chi connectivity index (χ2n) is 4.75. The molecule has 0 saturated heterocycles. The molecule has 0 aliphatic rings. The normalized spacial score (nSPS) is 12.6. The summed E-state index contributed by atoms with van der Waals surface area (Å²) in [4.78, 5) is 10.4. The number of nitrogens with zero attached hydrogens (tertiary/aromatic N) is 3. The van der Waals surface area contributed by atoms with E-state index >= 15 is 0 Å². The van der Waals surface area contributed by atoms with Crippen LogP contribution < -0.4 is 5.32 Å². The minimum Gasteiger partial charge on any atom is -0.396 e. The highest BCUT2D eigenvalue weighted by molar-refractivity contribution is 5.39. The van der Waals surface area contributed by atoms with Crippen molar-refractivity contribution in [2.75, 3.05) is 19.7 Å². The summed E-state index contributed by atoms with van der Waals surface area (Å²) >= 11 is 0. The zero-order valence-corrected chi connectivity index (χ0v) is 11.9. The zero-order valence-electron chi connectivity index (χ0n) is 11.9. The minimum atomic E-state index is -0.665. The highest BCUT2D eigenvalue weighted by Gasteiger charge is 2.22. The molecule has 1 rings (SSSR count). The van der Waals surface area contributed by atoms with Gasteiger partial charge in [-0.1, -0.05) is 0 Å². The standard InChI is InChI=1S/C12H22N4O4/c1-9-12(16(19)20)10(2)15(14-9)8-11(18)7-13-5-3-4-6-17/h11,13,17-18H,3-8H2,1-2H3. The Bertz CT molecular complexity index is 447. The lowest BCUT2D eigenvalue weighted by Gasteiger charge is -2.12. The molecular formula is C12H22N4O4. The summed E-state index contributed by atoms with van der Waals surface area (Å²) in [5.41, 5.74) is 0.815. The topological polar surface area (TPSA) is 113 Å². The van der Waals surface area contributed by atoms with E-state index in [0.29, 0.717) is 17.9 Å². The molecule has 114 valence electrons. The Morgan fingerprint density at radius 2 is 2.15 bits per heavy atom. The molecule has 0 saturated carbocycles. The molecular weight excluding hydrogens is 264 g/mol. The lowest BCUT2D eigenvalue weighted by Crippen LogP contribution is -2.31. The first kappa shape index (κ1) is 16.5. The fourth-order valence-electron chi connectivity index (χ4n) is 2.02. The second-order valence-corrected chi connectivity index (χ2v) is 4.75. The SMILES string of the molecule is Cc1nn(CC(O)CNCCCCO)c(C)c1[N+](=O)[O-]. The molecule has 0 aromatic carbocycles. The number of aliphatic hydroxyl groups is 2. The summed E-state index contributed by atoms with van der Waals surface area (Å²) in [5.74, 6) is 0. The summed E-state index contributed by atoms with van der Waals surface area (Å²) < 4.78 is 1.47. The van der Waals surface area contributed by atoms with Crippen LogP contribution in [0.2, 0.25) is 0 Å². The predicted molar refractivity (Wildman–Crippen MR) is 73.6 cm³/mol. The fourth-order valence-corrected chi connectivity index (χ4v) is 2.02. The second kappa shape index (κ2) is 7.93. The number of unbranched alkanes of at least 4 members (excludes halogenated alkanes) is 1. The van der Waals surface area contributed by atoms with Gasteiger partial charge in [0, 0.05) is 13.2 Å². The number of hydrogen-bond acceptors (Lipinski definition) is 6. The number of aliphatic hydroxyl groups excluding tert-OH is 2. The van der Waals surface area contributed by atoms with Gasteiger partial charge < -0.3 is 15.5 Å². The van der Waals surface area contributed by atoms with E-state index in [-0.39, 0.29) is 18.8 Å². The summed E-state index contributed by atoms with van der Waals surface area (Å²) in [6.45, 7) is 4.69. The molecule has 0 aliphatic carbocycles. The first-order valence-electron chi connectivity index (χ1n) is 6.65. The van der Waals surface area contributed by atoms with Gasteiger partial charge in [0.15, 0.2) is 0 Å². The third-order valence-electron chi connectivity index (χ3n) is 3.05. The van der Waals surface area contributed by atoms with E-state index in [4.69, 9.17) is 5.11 Å². The van der Waals surface area contributed by atoms with E-state index in [1.807, 2.05) is 0 Å². The van der Waals surface area contributed by atoms with Crippen molar-refractivity contribution in [1.82, 2.24) is 15.1 Å². The van der Waals surface area contributed by atoms with Gasteiger partial charge in [0.25, 0.3) is 0 Å². The van der Waals surface area contributed by atoms with Gasteiger partial charge in [0.1, 0.15) is 11.4 Å². The Morgan fingerprint density at radius 1 is 1.45 bits per heavy atom. The lowest BCUT2D eigenvalue weighted by molar-refractivity contribution is -0.386. The summed E-state index contributed by atoms with van der Waals surface area (Å²) in [6, 6.07) is 0. The van der Waals surface area contributed by atoms with Gasteiger partial charge in [0.05, 0.1) is 17.6 Å². The first-order chi connectivity index (χ1) is 9.47. The van der Waals surface area contributed by atoms with Crippen LogP contribution in [-0.4, -0.2) is 50.7 Å². The number of hydrogen-bond donors (Lipinski definition) is 3. The maximum absolute atomic E-state index is 10.9. The van der Waals surface area contributed by atoms with Crippen molar-refractivity contribution in [3.05, 3.63) is 21.5 Å². The smallest absolute Gasteiger partial charge is 0.312 e. The van der Waals surface area contributed by atoms with Crippen molar-refractivity contribution < 1.29 is 15.1 Å². The Morgan fingerprint density at radius 3 is 2.70 bits per heavy atom. The highest BCUT2D eigenvalue weighted by atomic mass is 16.6. The molecule has 1 aromatic heterocycles. The van der Waals surface area contributed by atoms with E-state index in [0.717, 1.165) is 19.4 Å². The molecule has 1 heterocycles.